The number of rotatable bonds is 6. The van der Waals surface area contributed by atoms with Gasteiger partial charge in [0.25, 0.3) is 5.91 Å². The Kier molecular flexibility index (Phi) is 5.66. The highest BCUT2D eigenvalue weighted by molar-refractivity contribution is 5.92. The van der Waals surface area contributed by atoms with Gasteiger partial charge in [-0.05, 0) is 6.07 Å². The minimum Gasteiger partial charge on any atom is -0.496 e. The summed E-state index contributed by atoms with van der Waals surface area (Å²) in [7, 11) is 1.61. The smallest absolute Gasteiger partial charge is 0.271 e. The Morgan fingerprint density at radius 1 is 1.17 bits per heavy atom. The fourth-order valence-electron chi connectivity index (χ4n) is 3.12. The van der Waals surface area contributed by atoms with Crippen LogP contribution < -0.4 is 15.0 Å². The number of nitrogens with zero attached hydrogens (tertiary/aromatic N) is 5. The van der Waals surface area contributed by atoms with Crippen LogP contribution in [0.3, 0.4) is 0 Å². The predicted molar refractivity (Wildman–Crippen MR) is 106 cm³/mol. The maximum absolute atomic E-state index is 12.5. The number of carbonyl (C=O) groups excluding carboxylic acids is 1. The molecule has 0 unspecified atom stereocenters. The largest absolute Gasteiger partial charge is 0.496 e. The van der Waals surface area contributed by atoms with E-state index >= 15 is 0 Å². The van der Waals surface area contributed by atoms with E-state index in [1.54, 1.807) is 24.2 Å². The van der Waals surface area contributed by atoms with Gasteiger partial charge in [0.2, 0.25) is 0 Å². The van der Waals surface area contributed by atoms with E-state index < -0.39 is 0 Å². The van der Waals surface area contributed by atoms with Crippen LogP contribution in [0.15, 0.2) is 49.2 Å². The number of carbonyl (C=O) groups is 1. The lowest BCUT2D eigenvalue weighted by molar-refractivity contribution is 0.0946. The van der Waals surface area contributed by atoms with E-state index in [1.165, 1.54) is 6.33 Å². The van der Waals surface area contributed by atoms with Crippen molar-refractivity contribution in [3.05, 3.63) is 60.4 Å². The fourth-order valence-corrected chi connectivity index (χ4v) is 3.12. The second kappa shape index (κ2) is 8.70. The zero-order valence-electron chi connectivity index (χ0n) is 16.1. The highest BCUT2D eigenvalue weighted by atomic mass is 16.5. The molecule has 3 heterocycles. The summed E-state index contributed by atoms with van der Waals surface area (Å²) in [5, 5.41) is 2.87. The summed E-state index contributed by atoms with van der Waals surface area (Å²) in [6.07, 6.45) is 4.74. The number of imidazole rings is 1. The van der Waals surface area contributed by atoms with Crippen LogP contribution in [0, 0.1) is 0 Å². The summed E-state index contributed by atoms with van der Waals surface area (Å²) >= 11 is 0. The maximum Gasteiger partial charge on any atom is 0.271 e. The average Bonchev–Trinajstić information content (AvgIpc) is 3.29. The van der Waals surface area contributed by atoms with Crippen molar-refractivity contribution in [1.82, 2.24) is 24.8 Å². The number of aromatic nitrogens is 4. The molecular formula is C20H22N6O3. The highest BCUT2D eigenvalue weighted by Crippen LogP contribution is 2.17. The van der Waals surface area contributed by atoms with Crippen molar-refractivity contribution in [2.45, 2.75) is 6.54 Å². The highest BCUT2D eigenvalue weighted by Gasteiger charge is 2.15. The maximum atomic E-state index is 12.5. The van der Waals surface area contributed by atoms with Crippen molar-refractivity contribution in [2.75, 3.05) is 38.3 Å². The van der Waals surface area contributed by atoms with Crippen LogP contribution in [0.25, 0.3) is 5.82 Å². The van der Waals surface area contributed by atoms with Gasteiger partial charge in [-0.2, -0.15) is 0 Å². The Hall–Kier alpha value is -3.46. The van der Waals surface area contributed by atoms with Crippen LogP contribution in [-0.4, -0.2) is 58.8 Å². The molecule has 3 aromatic rings. The molecule has 1 aliphatic heterocycles. The molecule has 0 spiro atoms. The fraction of sp³-hybridized carbons (Fsp3) is 0.300. The molecule has 0 aliphatic carbocycles. The van der Waals surface area contributed by atoms with Gasteiger partial charge < -0.3 is 19.7 Å². The number of morpholine rings is 1. The lowest BCUT2D eigenvalue weighted by Gasteiger charge is -2.27. The molecule has 9 nitrogen and oxygen atoms in total. The van der Waals surface area contributed by atoms with Crippen molar-refractivity contribution in [3.8, 4) is 11.6 Å². The molecule has 1 aromatic carbocycles. The first-order valence-corrected chi connectivity index (χ1v) is 9.34. The summed E-state index contributed by atoms with van der Waals surface area (Å²) < 4.78 is 12.4. The van der Waals surface area contributed by atoms with Gasteiger partial charge in [0.05, 0.1) is 20.3 Å². The SMILES string of the molecule is COc1ccccc1CNC(=O)c1cn(-c2cc(N3CCOCC3)ncn2)cn1. The Labute approximate surface area is 168 Å². The van der Waals surface area contributed by atoms with E-state index in [2.05, 4.69) is 25.2 Å². The number of methoxy groups -OCH3 is 1. The van der Waals surface area contributed by atoms with E-state index in [4.69, 9.17) is 9.47 Å². The lowest BCUT2D eigenvalue weighted by atomic mass is 10.2. The first kappa shape index (κ1) is 18.9. The molecule has 0 bridgehead atoms. The first-order valence-electron chi connectivity index (χ1n) is 9.34. The third-order valence-corrected chi connectivity index (χ3v) is 4.68. The summed E-state index contributed by atoms with van der Waals surface area (Å²) in [5.41, 5.74) is 1.21. The second-order valence-electron chi connectivity index (χ2n) is 6.49. The summed E-state index contributed by atoms with van der Waals surface area (Å²) in [6, 6.07) is 9.44. The van der Waals surface area contributed by atoms with Gasteiger partial charge in [-0.1, -0.05) is 18.2 Å². The molecule has 4 rings (SSSR count). The van der Waals surface area contributed by atoms with Crippen LogP contribution >= 0.6 is 0 Å². The third-order valence-electron chi connectivity index (χ3n) is 4.68. The number of para-hydroxylation sites is 1. The number of nitrogens with one attached hydrogen (secondary N) is 1. The molecule has 2 aromatic heterocycles. The predicted octanol–water partition coefficient (Wildman–Crippen LogP) is 1.44. The van der Waals surface area contributed by atoms with Crippen LogP contribution in [-0.2, 0) is 11.3 Å². The molecule has 9 heteroatoms. The van der Waals surface area contributed by atoms with Gasteiger partial charge >= 0.3 is 0 Å². The van der Waals surface area contributed by atoms with Crippen molar-refractivity contribution < 1.29 is 14.3 Å². The molecule has 0 saturated carbocycles. The summed E-state index contributed by atoms with van der Waals surface area (Å²) in [5.74, 6) is 1.94. The third kappa shape index (κ3) is 4.35. The first-order chi connectivity index (χ1) is 14.2. The van der Waals surface area contributed by atoms with E-state index in [0.29, 0.717) is 31.3 Å². The molecule has 1 aliphatic rings. The van der Waals surface area contributed by atoms with E-state index in [9.17, 15) is 4.79 Å². The zero-order chi connectivity index (χ0) is 20.1. The molecule has 0 atom stereocenters. The van der Waals surface area contributed by atoms with Crippen molar-refractivity contribution in [1.29, 1.82) is 0 Å². The Morgan fingerprint density at radius 3 is 2.79 bits per heavy atom. The average molecular weight is 394 g/mol. The van der Waals surface area contributed by atoms with Crippen molar-refractivity contribution in [2.24, 2.45) is 0 Å². The van der Waals surface area contributed by atoms with Crippen LogP contribution in [0.2, 0.25) is 0 Å². The number of hydrogen-bond donors (Lipinski definition) is 1. The molecule has 1 saturated heterocycles. The number of anilines is 1. The van der Waals surface area contributed by atoms with E-state index in [0.717, 1.165) is 30.2 Å². The minimum absolute atomic E-state index is 0.267. The lowest BCUT2D eigenvalue weighted by Crippen LogP contribution is -2.36. The standard InChI is InChI=1S/C20H22N6O3/c1-28-17-5-3-2-4-15(17)11-21-20(27)16-12-26(14-24-16)19-10-18(22-13-23-19)25-6-8-29-9-7-25/h2-5,10,12-14H,6-9,11H2,1H3,(H,21,27). The molecule has 150 valence electrons. The van der Waals surface area contributed by atoms with Gasteiger partial charge in [0.1, 0.15) is 35.7 Å². The molecule has 1 N–H and O–H groups in total. The quantitative estimate of drug-likeness (QED) is 0.676. The summed E-state index contributed by atoms with van der Waals surface area (Å²) in [6.45, 7) is 3.29. The Bertz CT molecular complexity index is 984. The van der Waals surface area contributed by atoms with Crippen molar-refractivity contribution in [3.63, 3.8) is 0 Å². The van der Waals surface area contributed by atoms with Gasteiger partial charge in [-0.25, -0.2) is 15.0 Å². The number of hydrogen-bond acceptors (Lipinski definition) is 7. The topological polar surface area (TPSA) is 94.4 Å². The van der Waals surface area contributed by atoms with Crippen LogP contribution in [0.5, 0.6) is 5.75 Å². The number of ether oxygens (including phenoxy) is 2. The molecule has 29 heavy (non-hydrogen) atoms. The van der Waals surface area contributed by atoms with E-state index in [-0.39, 0.29) is 5.91 Å². The molecule has 1 fully saturated rings. The van der Waals surface area contributed by atoms with Gasteiger partial charge in [-0.15, -0.1) is 0 Å². The number of amides is 1. The zero-order valence-corrected chi connectivity index (χ0v) is 16.1. The van der Waals surface area contributed by atoms with E-state index in [1.807, 2.05) is 30.3 Å². The number of benzene rings is 1. The summed E-state index contributed by atoms with van der Waals surface area (Å²) in [4.78, 5) is 27.5. The monoisotopic (exact) mass is 394 g/mol. The molecule has 0 radical (unpaired) electrons. The Balaban J connectivity index is 1.44. The van der Waals surface area contributed by atoms with Crippen molar-refractivity contribution >= 4 is 11.7 Å². The molecular weight excluding hydrogens is 372 g/mol. The minimum atomic E-state index is -0.267. The van der Waals surface area contributed by atoms with Crippen LogP contribution in [0.4, 0.5) is 5.82 Å². The second-order valence-corrected chi connectivity index (χ2v) is 6.49. The molecule has 1 amide bonds. The van der Waals surface area contributed by atoms with Gasteiger partial charge in [0, 0.05) is 37.5 Å². The van der Waals surface area contributed by atoms with Crippen LogP contribution in [0.1, 0.15) is 16.1 Å². The Morgan fingerprint density at radius 2 is 1.97 bits per heavy atom. The van der Waals surface area contributed by atoms with Gasteiger partial charge in [-0.3, -0.25) is 9.36 Å². The normalized spacial score (nSPS) is 13.9. The van der Waals surface area contributed by atoms with Gasteiger partial charge in [0.15, 0.2) is 0 Å².